The molecule has 1 amide bonds. The van der Waals surface area contributed by atoms with Crippen LogP contribution in [0.4, 0.5) is 5.69 Å². The van der Waals surface area contributed by atoms with E-state index in [9.17, 15) is 4.79 Å². The molecule has 122 valence electrons. The molecule has 3 rings (SSSR count). The first-order chi connectivity index (χ1) is 11.5. The van der Waals surface area contributed by atoms with E-state index in [-0.39, 0.29) is 11.2 Å². The maximum absolute atomic E-state index is 12.5. The molecule has 1 atom stereocenters. The molecule has 6 heteroatoms. The number of para-hydroxylation sites is 1. The van der Waals surface area contributed by atoms with Gasteiger partial charge < -0.3 is 5.32 Å². The highest BCUT2D eigenvalue weighted by molar-refractivity contribution is 9.10. The van der Waals surface area contributed by atoms with E-state index in [0.29, 0.717) is 0 Å². The second-order valence-electron chi connectivity index (χ2n) is 5.43. The Kier molecular flexibility index (Phi) is 5.16. The summed E-state index contributed by atoms with van der Waals surface area (Å²) in [6.45, 7) is 3.88. The van der Waals surface area contributed by atoms with Gasteiger partial charge in [0.1, 0.15) is 11.4 Å². The molecule has 24 heavy (non-hydrogen) atoms. The summed E-state index contributed by atoms with van der Waals surface area (Å²) < 4.78 is 0.875. The van der Waals surface area contributed by atoms with Crippen LogP contribution in [0.25, 0.3) is 10.9 Å². The predicted molar refractivity (Wildman–Crippen MR) is 102 cm³/mol. The SMILES string of the molecule is Cc1ccc(NC(=O)C(C)Sc2ncnc3ccccc23)c(Br)c1. The Balaban J connectivity index is 1.76. The second kappa shape index (κ2) is 7.32. The van der Waals surface area contributed by atoms with Gasteiger partial charge in [-0.2, -0.15) is 0 Å². The lowest BCUT2D eigenvalue weighted by molar-refractivity contribution is -0.115. The molecule has 0 bridgehead atoms. The van der Waals surface area contributed by atoms with E-state index in [1.54, 1.807) is 0 Å². The zero-order valence-electron chi connectivity index (χ0n) is 13.3. The number of aryl methyl sites for hydroxylation is 1. The molecule has 3 aromatic rings. The summed E-state index contributed by atoms with van der Waals surface area (Å²) in [5, 5.41) is 4.45. The number of aromatic nitrogens is 2. The van der Waals surface area contributed by atoms with Crippen LogP contribution in [0.15, 0.2) is 58.3 Å². The Hall–Kier alpha value is -1.92. The van der Waals surface area contributed by atoms with Gasteiger partial charge >= 0.3 is 0 Å². The zero-order valence-corrected chi connectivity index (χ0v) is 15.7. The van der Waals surface area contributed by atoms with Gasteiger partial charge in [-0.3, -0.25) is 4.79 Å². The highest BCUT2D eigenvalue weighted by Gasteiger charge is 2.17. The number of carbonyl (C=O) groups is 1. The molecule has 0 aliphatic heterocycles. The van der Waals surface area contributed by atoms with Crippen LogP contribution >= 0.6 is 27.7 Å². The van der Waals surface area contributed by atoms with E-state index in [2.05, 4.69) is 31.2 Å². The Morgan fingerprint density at radius 1 is 1.21 bits per heavy atom. The van der Waals surface area contributed by atoms with E-state index < -0.39 is 0 Å². The van der Waals surface area contributed by atoms with Gasteiger partial charge in [-0.25, -0.2) is 9.97 Å². The summed E-state index contributed by atoms with van der Waals surface area (Å²) in [6.07, 6.45) is 1.53. The Bertz CT molecular complexity index is 895. The number of hydrogen-bond acceptors (Lipinski definition) is 4. The van der Waals surface area contributed by atoms with E-state index in [4.69, 9.17) is 0 Å². The fourth-order valence-electron chi connectivity index (χ4n) is 2.25. The quantitative estimate of drug-likeness (QED) is 0.502. The average Bonchev–Trinajstić information content (AvgIpc) is 2.57. The molecular weight excluding hydrogens is 386 g/mol. The number of rotatable bonds is 4. The van der Waals surface area contributed by atoms with Gasteiger partial charge in [-0.1, -0.05) is 36.0 Å². The van der Waals surface area contributed by atoms with Crippen LogP contribution in [-0.4, -0.2) is 21.1 Å². The maximum Gasteiger partial charge on any atom is 0.237 e. The van der Waals surface area contributed by atoms with Crippen molar-refractivity contribution in [2.24, 2.45) is 0 Å². The summed E-state index contributed by atoms with van der Waals surface area (Å²) in [4.78, 5) is 21.1. The van der Waals surface area contributed by atoms with Crippen LogP contribution in [0.2, 0.25) is 0 Å². The van der Waals surface area contributed by atoms with Crippen molar-refractivity contribution in [1.82, 2.24) is 9.97 Å². The smallest absolute Gasteiger partial charge is 0.237 e. The van der Waals surface area contributed by atoms with E-state index in [1.807, 2.05) is 56.3 Å². The van der Waals surface area contributed by atoms with Gasteiger partial charge in [0.05, 0.1) is 16.5 Å². The van der Waals surface area contributed by atoms with Crippen molar-refractivity contribution >= 4 is 50.2 Å². The summed E-state index contributed by atoms with van der Waals surface area (Å²) in [7, 11) is 0. The zero-order chi connectivity index (χ0) is 17.1. The number of anilines is 1. The predicted octanol–water partition coefficient (Wildman–Crippen LogP) is 4.82. The number of hydrogen-bond donors (Lipinski definition) is 1. The Labute approximate surface area is 153 Å². The molecule has 1 aromatic heterocycles. The minimum Gasteiger partial charge on any atom is -0.324 e. The fourth-order valence-corrected chi connectivity index (χ4v) is 3.75. The van der Waals surface area contributed by atoms with Gasteiger partial charge in [0.15, 0.2) is 0 Å². The summed E-state index contributed by atoms with van der Waals surface area (Å²) in [6, 6.07) is 13.6. The van der Waals surface area contributed by atoms with Crippen LogP contribution in [-0.2, 0) is 4.79 Å². The third-order valence-corrected chi connectivity index (χ3v) is 5.32. The van der Waals surface area contributed by atoms with Crippen LogP contribution in [0.5, 0.6) is 0 Å². The molecule has 4 nitrogen and oxygen atoms in total. The molecule has 0 saturated heterocycles. The minimum atomic E-state index is -0.281. The van der Waals surface area contributed by atoms with Crippen LogP contribution < -0.4 is 5.32 Å². The Morgan fingerprint density at radius 2 is 2.00 bits per heavy atom. The number of halogens is 1. The first kappa shape index (κ1) is 16.9. The Morgan fingerprint density at radius 3 is 2.79 bits per heavy atom. The van der Waals surface area contributed by atoms with Crippen molar-refractivity contribution in [2.45, 2.75) is 24.1 Å². The topological polar surface area (TPSA) is 54.9 Å². The van der Waals surface area contributed by atoms with Crippen molar-refractivity contribution in [3.05, 3.63) is 58.8 Å². The molecule has 0 fully saturated rings. The lowest BCUT2D eigenvalue weighted by atomic mass is 10.2. The van der Waals surface area contributed by atoms with Crippen molar-refractivity contribution in [3.8, 4) is 0 Å². The molecule has 0 aliphatic rings. The average molecular weight is 402 g/mol. The van der Waals surface area contributed by atoms with Crippen LogP contribution in [0, 0.1) is 6.92 Å². The number of thioether (sulfide) groups is 1. The van der Waals surface area contributed by atoms with Crippen molar-refractivity contribution < 1.29 is 4.79 Å². The minimum absolute atomic E-state index is 0.0627. The number of fused-ring (bicyclic) bond motifs is 1. The first-order valence-electron chi connectivity index (χ1n) is 7.48. The van der Waals surface area contributed by atoms with Gasteiger partial charge in [0.25, 0.3) is 0 Å². The van der Waals surface area contributed by atoms with Crippen LogP contribution in [0.1, 0.15) is 12.5 Å². The first-order valence-corrected chi connectivity index (χ1v) is 9.15. The molecule has 1 heterocycles. The highest BCUT2D eigenvalue weighted by atomic mass is 79.9. The molecular formula is C18H16BrN3OS. The van der Waals surface area contributed by atoms with Gasteiger partial charge in [0.2, 0.25) is 5.91 Å². The second-order valence-corrected chi connectivity index (χ2v) is 7.61. The summed E-state index contributed by atoms with van der Waals surface area (Å²) in [5.74, 6) is -0.0627. The van der Waals surface area contributed by atoms with Crippen molar-refractivity contribution in [3.63, 3.8) is 0 Å². The normalized spacial score (nSPS) is 12.1. The van der Waals surface area contributed by atoms with Crippen LogP contribution in [0.3, 0.4) is 0 Å². The number of amides is 1. The largest absolute Gasteiger partial charge is 0.324 e. The molecule has 0 radical (unpaired) electrons. The lowest BCUT2D eigenvalue weighted by Crippen LogP contribution is -2.22. The van der Waals surface area contributed by atoms with Gasteiger partial charge in [-0.05, 0) is 53.5 Å². The summed E-state index contributed by atoms with van der Waals surface area (Å²) in [5.41, 5.74) is 2.78. The highest BCUT2D eigenvalue weighted by Crippen LogP contribution is 2.29. The third-order valence-electron chi connectivity index (χ3n) is 3.55. The molecule has 2 aromatic carbocycles. The molecule has 1 unspecified atom stereocenters. The molecule has 0 spiro atoms. The molecule has 0 saturated carbocycles. The maximum atomic E-state index is 12.5. The standard InChI is InChI=1S/C18H16BrN3OS/c1-11-7-8-16(14(19)9-11)22-17(23)12(2)24-18-13-5-3-4-6-15(13)20-10-21-18/h3-10,12H,1-2H3,(H,22,23). The molecule has 0 aliphatic carbocycles. The van der Waals surface area contributed by atoms with E-state index >= 15 is 0 Å². The third kappa shape index (κ3) is 3.76. The monoisotopic (exact) mass is 401 g/mol. The number of nitrogens with one attached hydrogen (secondary N) is 1. The number of nitrogens with zero attached hydrogens (tertiary/aromatic N) is 2. The lowest BCUT2D eigenvalue weighted by Gasteiger charge is -2.13. The van der Waals surface area contributed by atoms with Crippen molar-refractivity contribution in [1.29, 1.82) is 0 Å². The van der Waals surface area contributed by atoms with Crippen molar-refractivity contribution in [2.75, 3.05) is 5.32 Å². The number of carbonyl (C=O) groups excluding carboxylic acids is 1. The molecule has 1 N–H and O–H groups in total. The fraction of sp³-hybridized carbons (Fsp3) is 0.167. The van der Waals surface area contributed by atoms with E-state index in [1.165, 1.54) is 18.1 Å². The van der Waals surface area contributed by atoms with Gasteiger partial charge in [-0.15, -0.1) is 0 Å². The van der Waals surface area contributed by atoms with Gasteiger partial charge in [0, 0.05) is 9.86 Å². The van der Waals surface area contributed by atoms with E-state index in [0.717, 1.165) is 31.7 Å². The number of benzene rings is 2. The summed E-state index contributed by atoms with van der Waals surface area (Å²) >= 11 is 4.91.